The van der Waals surface area contributed by atoms with Gasteiger partial charge >= 0.3 is 6.01 Å². The molecule has 1 aliphatic heterocycles. The summed E-state index contributed by atoms with van der Waals surface area (Å²) in [6.45, 7) is 5.54. The summed E-state index contributed by atoms with van der Waals surface area (Å²) in [5, 5.41) is 11.6. The lowest BCUT2D eigenvalue weighted by Crippen LogP contribution is -2.41. The Kier molecular flexibility index (Phi) is 6.21. The molecule has 0 saturated carbocycles. The van der Waals surface area contributed by atoms with E-state index in [1.165, 1.54) is 18.5 Å². The highest BCUT2D eigenvalue weighted by molar-refractivity contribution is 5.85. The Morgan fingerprint density at radius 2 is 2.09 bits per heavy atom. The van der Waals surface area contributed by atoms with Crippen LogP contribution in [0.15, 0.2) is 34.7 Å². The third-order valence-corrected chi connectivity index (χ3v) is 3.95. The molecule has 0 amide bonds. The summed E-state index contributed by atoms with van der Waals surface area (Å²) in [6.07, 6.45) is 3.06. The maximum Gasteiger partial charge on any atom is 0.315 e. The molecule has 0 spiro atoms. The largest absolute Gasteiger partial charge is 0.408 e. The van der Waals surface area contributed by atoms with E-state index < -0.39 is 0 Å². The molecule has 1 unspecified atom stereocenters. The lowest BCUT2D eigenvalue weighted by molar-refractivity contribution is 0.225. The van der Waals surface area contributed by atoms with E-state index >= 15 is 0 Å². The van der Waals surface area contributed by atoms with E-state index in [1.807, 2.05) is 18.2 Å². The highest BCUT2D eigenvalue weighted by Gasteiger charge is 2.20. The molecule has 22 heavy (non-hydrogen) atoms. The van der Waals surface area contributed by atoms with Gasteiger partial charge in [-0.3, -0.25) is 0 Å². The van der Waals surface area contributed by atoms with E-state index in [1.54, 1.807) is 0 Å². The molecule has 1 aromatic carbocycles. The zero-order valence-corrected chi connectivity index (χ0v) is 13.7. The highest BCUT2D eigenvalue weighted by atomic mass is 35.5. The van der Waals surface area contributed by atoms with Gasteiger partial charge < -0.3 is 14.6 Å². The Bertz CT molecular complexity index is 560. The van der Waals surface area contributed by atoms with E-state index in [9.17, 15) is 0 Å². The molecule has 0 bridgehead atoms. The summed E-state index contributed by atoms with van der Waals surface area (Å²) >= 11 is 0. The number of aromatic nitrogens is 2. The average molecular weight is 323 g/mol. The van der Waals surface area contributed by atoms with Gasteiger partial charge in [-0.15, -0.1) is 17.5 Å². The van der Waals surface area contributed by atoms with Crippen LogP contribution in [0.1, 0.15) is 31.2 Å². The van der Waals surface area contributed by atoms with E-state index in [0.29, 0.717) is 24.4 Å². The molecule has 1 aliphatic rings. The second-order valence-corrected chi connectivity index (χ2v) is 5.54. The van der Waals surface area contributed by atoms with Gasteiger partial charge in [0.1, 0.15) is 0 Å². The Balaban J connectivity index is 0.00000176. The molecule has 120 valence electrons. The molecule has 5 nitrogen and oxygen atoms in total. The number of anilines is 1. The summed E-state index contributed by atoms with van der Waals surface area (Å²) in [5.74, 6) is 0.659. The van der Waals surface area contributed by atoms with Crippen molar-refractivity contribution in [2.24, 2.45) is 0 Å². The Morgan fingerprint density at radius 1 is 1.27 bits per heavy atom. The molecular formula is C16H23ClN4O. The van der Waals surface area contributed by atoms with Crippen molar-refractivity contribution in [2.45, 2.75) is 32.2 Å². The van der Waals surface area contributed by atoms with Gasteiger partial charge in [0.15, 0.2) is 0 Å². The van der Waals surface area contributed by atoms with E-state index in [-0.39, 0.29) is 12.4 Å². The average Bonchev–Trinajstić information content (AvgIpc) is 2.95. The maximum atomic E-state index is 5.71. The van der Waals surface area contributed by atoms with Crippen LogP contribution in [0, 0.1) is 0 Å². The van der Waals surface area contributed by atoms with Crippen LogP contribution in [-0.2, 0) is 6.42 Å². The van der Waals surface area contributed by atoms with Crippen molar-refractivity contribution in [1.29, 1.82) is 0 Å². The molecule has 6 heteroatoms. The Labute approximate surface area is 137 Å². The van der Waals surface area contributed by atoms with Crippen LogP contribution in [0.3, 0.4) is 0 Å². The number of rotatable bonds is 5. The molecule has 1 aromatic heterocycles. The van der Waals surface area contributed by atoms with E-state index in [4.69, 9.17) is 4.42 Å². The molecule has 3 rings (SSSR count). The van der Waals surface area contributed by atoms with Crippen molar-refractivity contribution in [1.82, 2.24) is 15.1 Å². The molecule has 1 N–H and O–H groups in total. The standard InChI is InChI=1S/C16H22N4O.ClH/c1-2-20-10-6-9-14(12-20)17-16-19-18-15(21-16)11-13-7-4-3-5-8-13;/h3-5,7-8,14H,2,6,9-12H2,1H3,(H,17,19);1H. The van der Waals surface area contributed by atoms with Gasteiger partial charge in [-0.2, -0.15) is 0 Å². The van der Waals surface area contributed by atoms with Crippen LogP contribution in [0.4, 0.5) is 6.01 Å². The lowest BCUT2D eigenvalue weighted by atomic mass is 10.1. The summed E-state index contributed by atoms with van der Waals surface area (Å²) in [4.78, 5) is 2.45. The van der Waals surface area contributed by atoms with Crippen molar-refractivity contribution in [3.63, 3.8) is 0 Å². The van der Waals surface area contributed by atoms with Gasteiger partial charge in [0.25, 0.3) is 0 Å². The van der Waals surface area contributed by atoms with Crippen LogP contribution in [0.2, 0.25) is 0 Å². The highest BCUT2D eigenvalue weighted by Crippen LogP contribution is 2.16. The molecule has 1 atom stereocenters. The summed E-state index contributed by atoms with van der Waals surface area (Å²) < 4.78 is 5.71. The van der Waals surface area contributed by atoms with Crippen molar-refractivity contribution in [3.05, 3.63) is 41.8 Å². The van der Waals surface area contributed by atoms with Crippen molar-refractivity contribution in [2.75, 3.05) is 25.0 Å². The van der Waals surface area contributed by atoms with E-state index in [2.05, 4.69) is 39.5 Å². The number of likely N-dealkylation sites (N-methyl/N-ethyl adjacent to an activating group) is 1. The minimum atomic E-state index is 0. The third-order valence-electron chi connectivity index (χ3n) is 3.95. The van der Waals surface area contributed by atoms with Gasteiger partial charge in [-0.25, -0.2) is 0 Å². The van der Waals surface area contributed by atoms with Gasteiger partial charge in [-0.1, -0.05) is 42.4 Å². The first kappa shape index (κ1) is 16.8. The zero-order chi connectivity index (χ0) is 14.5. The summed E-state index contributed by atoms with van der Waals surface area (Å²) in [7, 11) is 0. The molecule has 2 heterocycles. The number of piperidine rings is 1. The second kappa shape index (κ2) is 8.15. The van der Waals surface area contributed by atoms with Gasteiger partial charge in [-0.05, 0) is 31.5 Å². The van der Waals surface area contributed by atoms with Crippen LogP contribution < -0.4 is 5.32 Å². The first-order valence-electron chi connectivity index (χ1n) is 7.68. The van der Waals surface area contributed by atoms with Crippen molar-refractivity contribution >= 4 is 18.4 Å². The lowest BCUT2D eigenvalue weighted by Gasteiger charge is -2.31. The Morgan fingerprint density at radius 3 is 2.86 bits per heavy atom. The molecule has 1 saturated heterocycles. The van der Waals surface area contributed by atoms with Crippen LogP contribution in [0.25, 0.3) is 0 Å². The van der Waals surface area contributed by atoms with Gasteiger partial charge in [0.05, 0.1) is 6.42 Å². The van der Waals surface area contributed by atoms with Gasteiger partial charge in [0.2, 0.25) is 5.89 Å². The van der Waals surface area contributed by atoms with Crippen molar-refractivity contribution < 1.29 is 4.42 Å². The molecule has 0 radical (unpaired) electrons. The molecular weight excluding hydrogens is 300 g/mol. The number of hydrogen-bond donors (Lipinski definition) is 1. The fourth-order valence-electron chi connectivity index (χ4n) is 2.79. The number of likely N-dealkylation sites (tertiary alicyclic amines) is 1. The smallest absolute Gasteiger partial charge is 0.315 e. The van der Waals surface area contributed by atoms with E-state index in [0.717, 1.165) is 19.5 Å². The number of benzene rings is 1. The number of nitrogens with zero attached hydrogens (tertiary/aromatic N) is 3. The number of nitrogens with one attached hydrogen (secondary N) is 1. The van der Waals surface area contributed by atoms with Crippen LogP contribution in [0.5, 0.6) is 0 Å². The molecule has 0 aliphatic carbocycles. The SMILES string of the molecule is CCN1CCCC(Nc2nnc(Cc3ccccc3)o2)C1.Cl. The summed E-state index contributed by atoms with van der Waals surface area (Å²) in [6, 6.07) is 11.1. The first-order chi connectivity index (χ1) is 10.3. The fraction of sp³-hybridized carbons (Fsp3) is 0.500. The molecule has 1 fully saturated rings. The monoisotopic (exact) mass is 322 g/mol. The normalized spacial score (nSPS) is 18.7. The predicted octanol–water partition coefficient (Wildman–Crippen LogP) is 2.98. The minimum Gasteiger partial charge on any atom is -0.408 e. The predicted molar refractivity (Wildman–Crippen MR) is 89.6 cm³/mol. The number of halogens is 1. The first-order valence-corrected chi connectivity index (χ1v) is 7.68. The molecule has 2 aromatic rings. The summed E-state index contributed by atoms with van der Waals surface area (Å²) in [5.41, 5.74) is 1.18. The van der Waals surface area contributed by atoms with Crippen LogP contribution >= 0.6 is 12.4 Å². The van der Waals surface area contributed by atoms with Crippen molar-refractivity contribution in [3.8, 4) is 0 Å². The van der Waals surface area contributed by atoms with Crippen LogP contribution in [-0.4, -0.2) is 40.8 Å². The topological polar surface area (TPSA) is 54.2 Å². The minimum absolute atomic E-state index is 0. The maximum absolute atomic E-state index is 5.71. The Hall–Kier alpha value is -1.59. The number of hydrogen-bond acceptors (Lipinski definition) is 5. The van der Waals surface area contributed by atoms with Gasteiger partial charge in [0, 0.05) is 12.6 Å². The second-order valence-electron chi connectivity index (χ2n) is 5.54. The zero-order valence-electron chi connectivity index (χ0n) is 12.9. The fourth-order valence-corrected chi connectivity index (χ4v) is 2.79. The third kappa shape index (κ3) is 4.45. The quantitative estimate of drug-likeness (QED) is 0.917.